The highest BCUT2D eigenvalue weighted by atomic mass is 35.5. The standard InChI is InChI=1S/C52H33ClN2S2/c53-36-30-47(54(37-16-6-2-7-17-37)39-26-24-35(25-27-39)34-14-4-1-5-15-34)51-45-33-46(41-20-10-11-22-43(41)52(45)57-50(51)31-36)55(38-18-8-3-9-19-38)40-28-29-49-44(32-40)42-21-12-13-23-48(42)56-49/h1-33H. The van der Waals surface area contributed by atoms with E-state index in [4.69, 9.17) is 11.6 Å². The second-order valence-electron chi connectivity index (χ2n) is 14.3. The zero-order chi connectivity index (χ0) is 37.9. The minimum absolute atomic E-state index is 0.706. The van der Waals surface area contributed by atoms with Crippen LogP contribution in [0.2, 0.25) is 5.02 Å². The van der Waals surface area contributed by atoms with Crippen molar-refractivity contribution in [2.45, 2.75) is 0 Å². The van der Waals surface area contributed by atoms with Crippen molar-refractivity contribution in [2.24, 2.45) is 0 Å². The molecular weight excluding hydrogens is 752 g/mol. The summed E-state index contributed by atoms with van der Waals surface area (Å²) in [6.45, 7) is 0. The van der Waals surface area contributed by atoms with Crippen LogP contribution in [-0.2, 0) is 0 Å². The normalized spacial score (nSPS) is 11.6. The van der Waals surface area contributed by atoms with Crippen molar-refractivity contribution in [2.75, 3.05) is 9.80 Å². The number of thiophene rings is 2. The van der Waals surface area contributed by atoms with Crippen molar-refractivity contribution in [3.63, 3.8) is 0 Å². The molecule has 270 valence electrons. The Morgan fingerprint density at radius 1 is 0.333 bits per heavy atom. The summed E-state index contributed by atoms with van der Waals surface area (Å²) in [5, 5.41) is 8.05. The van der Waals surface area contributed by atoms with Crippen LogP contribution in [0.15, 0.2) is 200 Å². The molecule has 0 aliphatic rings. The Bertz CT molecular complexity index is 3250. The highest BCUT2D eigenvalue weighted by Crippen LogP contribution is 2.51. The van der Waals surface area contributed by atoms with E-state index in [9.17, 15) is 0 Å². The summed E-state index contributed by atoms with van der Waals surface area (Å²) in [6, 6.07) is 72.0. The van der Waals surface area contributed by atoms with Crippen molar-refractivity contribution in [3.8, 4) is 11.1 Å². The lowest BCUT2D eigenvalue weighted by Crippen LogP contribution is -2.11. The fraction of sp³-hybridized carbons (Fsp3) is 0. The van der Waals surface area contributed by atoms with Gasteiger partial charge >= 0.3 is 0 Å². The Kier molecular flexibility index (Phi) is 8.29. The zero-order valence-corrected chi connectivity index (χ0v) is 33.0. The fourth-order valence-electron chi connectivity index (χ4n) is 8.31. The van der Waals surface area contributed by atoms with E-state index in [1.807, 2.05) is 22.7 Å². The number of anilines is 6. The van der Waals surface area contributed by atoms with Crippen molar-refractivity contribution < 1.29 is 0 Å². The topological polar surface area (TPSA) is 6.48 Å². The van der Waals surface area contributed by atoms with Crippen LogP contribution in [0.3, 0.4) is 0 Å². The molecule has 0 amide bonds. The average molecular weight is 785 g/mol. The van der Waals surface area contributed by atoms with E-state index in [0.717, 1.165) is 38.8 Å². The van der Waals surface area contributed by atoms with Gasteiger partial charge in [0.25, 0.3) is 0 Å². The lowest BCUT2D eigenvalue weighted by molar-refractivity contribution is 1.30. The lowest BCUT2D eigenvalue weighted by atomic mass is 10.0. The van der Waals surface area contributed by atoms with Crippen LogP contribution in [0.1, 0.15) is 0 Å². The minimum atomic E-state index is 0.706. The van der Waals surface area contributed by atoms with Gasteiger partial charge in [0.05, 0.1) is 11.4 Å². The van der Waals surface area contributed by atoms with Crippen LogP contribution >= 0.6 is 34.3 Å². The number of halogens is 1. The predicted molar refractivity (Wildman–Crippen MR) is 250 cm³/mol. The Morgan fingerprint density at radius 2 is 0.877 bits per heavy atom. The summed E-state index contributed by atoms with van der Waals surface area (Å²) in [6.07, 6.45) is 0. The first-order chi connectivity index (χ1) is 28.2. The Labute approximate surface area is 343 Å². The van der Waals surface area contributed by atoms with Gasteiger partial charge in [0.1, 0.15) is 0 Å². The fourth-order valence-corrected chi connectivity index (χ4v) is 11.0. The average Bonchev–Trinajstić information content (AvgIpc) is 3.83. The second-order valence-corrected chi connectivity index (χ2v) is 16.8. The molecule has 0 aliphatic heterocycles. The van der Waals surface area contributed by atoms with Gasteiger partial charge < -0.3 is 9.80 Å². The molecule has 9 aromatic carbocycles. The van der Waals surface area contributed by atoms with Crippen LogP contribution in [-0.4, -0.2) is 0 Å². The minimum Gasteiger partial charge on any atom is -0.310 e. The van der Waals surface area contributed by atoms with E-state index in [2.05, 4.69) is 210 Å². The summed E-state index contributed by atoms with van der Waals surface area (Å²) in [4.78, 5) is 4.79. The first-order valence-electron chi connectivity index (χ1n) is 19.0. The van der Waals surface area contributed by atoms with E-state index in [-0.39, 0.29) is 0 Å². The third-order valence-electron chi connectivity index (χ3n) is 10.9. The van der Waals surface area contributed by atoms with Gasteiger partial charge in [0.15, 0.2) is 0 Å². The van der Waals surface area contributed by atoms with E-state index >= 15 is 0 Å². The highest BCUT2D eigenvalue weighted by Gasteiger charge is 2.24. The Hall–Kier alpha value is -6.43. The molecule has 11 aromatic rings. The largest absolute Gasteiger partial charge is 0.310 e. The third-order valence-corrected chi connectivity index (χ3v) is 13.4. The maximum atomic E-state index is 7.09. The summed E-state index contributed by atoms with van der Waals surface area (Å²) in [7, 11) is 0. The van der Waals surface area contributed by atoms with Crippen LogP contribution in [0.4, 0.5) is 34.1 Å². The summed E-state index contributed by atoms with van der Waals surface area (Å²) in [5.74, 6) is 0. The molecule has 0 saturated heterocycles. The lowest BCUT2D eigenvalue weighted by Gasteiger charge is -2.28. The number of hydrogen-bond donors (Lipinski definition) is 0. The van der Waals surface area contributed by atoms with Gasteiger partial charge in [-0.1, -0.05) is 133 Å². The smallest absolute Gasteiger partial charge is 0.0569 e. The number of rotatable bonds is 7. The number of benzene rings is 9. The van der Waals surface area contributed by atoms with Crippen molar-refractivity contribution in [1.29, 1.82) is 0 Å². The SMILES string of the molecule is Clc1cc(N(c2ccccc2)c2ccc(-c3ccccc3)cc2)c2c(c1)sc1c3ccccc3c(N(c3ccccc3)c3ccc4sc5ccccc5c4c3)cc12. The second kappa shape index (κ2) is 13.9. The molecule has 0 radical (unpaired) electrons. The van der Waals surface area contributed by atoms with Gasteiger partial charge in [-0.15, -0.1) is 22.7 Å². The summed E-state index contributed by atoms with van der Waals surface area (Å²) < 4.78 is 4.98. The maximum Gasteiger partial charge on any atom is 0.0569 e. The molecule has 0 aliphatic carbocycles. The molecule has 0 spiro atoms. The molecule has 0 atom stereocenters. The van der Waals surface area contributed by atoms with Gasteiger partial charge in [0.2, 0.25) is 0 Å². The van der Waals surface area contributed by atoms with Crippen LogP contribution in [0.5, 0.6) is 0 Å². The van der Waals surface area contributed by atoms with Gasteiger partial charge in [-0.05, 0) is 90.0 Å². The van der Waals surface area contributed by atoms with E-state index < -0.39 is 0 Å². The van der Waals surface area contributed by atoms with Crippen LogP contribution in [0.25, 0.3) is 62.2 Å². The molecule has 57 heavy (non-hydrogen) atoms. The number of nitrogens with zero attached hydrogens (tertiary/aromatic N) is 2. The van der Waals surface area contributed by atoms with Crippen molar-refractivity contribution in [1.82, 2.24) is 0 Å². The number of fused-ring (bicyclic) bond motifs is 8. The summed E-state index contributed by atoms with van der Waals surface area (Å²) >= 11 is 10.8. The molecule has 0 N–H and O–H groups in total. The highest BCUT2D eigenvalue weighted by molar-refractivity contribution is 7.27. The first-order valence-corrected chi connectivity index (χ1v) is 21.0. The Morgan fingerprint density at radius 3 is 1.60 bits per heavy atom. The van der Waals surface area contributed by atoms with Crippen molar-refractivity contribution >= 4 is 120 Å². The zero-order valence-electron chi connectivity index (χ0n) is 30.6. The van der Waals surface area contributed by atoms with E-state index in [1.165, 1.54) is 57.5 Å². The number of hydrogen-bond acceptors (Lipinski definition) is 4. The maximum absolute atomic E-state index is 7.09. The summed E-state index contributed by atoms with van der Waals surface area (Å²) in [5.41, 5.74) is 8.89. The molecule has 5 heteroatoms. The molecule has 2 heterocycles. The first kappa shape index (κ1) is 33.9. The molecule has 11 rings (SSSR count). The van der Waals surface area contributed by atoms with Gasteiger partial charge in [-0.25, -0.2) is 0 Å². The van der Waals surface area contributed by atoms with Gasteiger partial charge in [-0.3, -0.25) is 0 Å². The molecule has 0 unspecified atom stereocenters. The predicted octanol–water partition coefficient (Wildman–Crippen LogP) is 16.8. The molecule has 2 nitrogen and oxygen atoms in total. The molecular formula is C52H33ClN2S2. The monoisotopic (exact) mass is 784 g/mol. The molecule has 0 bridgehead atoms. The van der Waals surface area contributed by atoms with Gasteiger partial charge in [-0.2, -0.15) is 0 Å². The Balaban J connectivity index is 1.18. The third kappa shape index (κ3) is 5.84. The van der Waals surface area contributed by atoms with Crippen LogP contribution < -0.4 is 9.80 Å². The van der Waals surface area contributed by atoms with E-state index in [1.54, 1.807) is 0 Å². The molecule has 0 saturated carbocycles. The quantitative estimate of drug-likeness (QED) is 0.159. The molecule has 0 fully saturated rings. The van der Waals surface area contributed by atoms with Crippen molar-refractivity contribution in [3.05, 3.63) is 205 Å². The molecule has 2 aromatic heterocycles. The van der Waals surface area contributed by atoms with Crippen LogP contribution in [0, 0.1) is 0 Å². The van der Waals surface area contributed by atoms with Gasteiger partial charge in [0, 0.05) is 78.9 Å². The van der Waals surface area contributed by atoms with E-state index in [0.29, 0.717) is 5.02 Å². The number of para-hydroxylation sites is 2.